The molecule has 1 heterocycles. The zero-order chi connectivity index (χ0) is 76.2. The number of hydrogen-bond donors (Lipinski definition) is 1. The van der Waals surface area contributed by atoms with Crippen LogP contribution >= 0.6 is 31.9 Å². The Hall–Kier alpha value is -6.03. The standard InChI is InChI=1S/C28H29BrF12O8.C14H18BrFO2.C6H8O4.5CH2F2.CH3FO/c1-14(49-20(44)15(2)48-16(3)42)19(43)46-12-23(30,31)25(34,35)27(38,39)28(40,41)26(36,37)24(32,33)13-47-21(45)22(4,5)11-18(29)17-9-7-6-8-10-17;1-14(2,13(17)18-9-8-16)10-12(15)11-6-4-3-5-7-11;1-3-5(7)10-4(2)6(8)9-3;6*2-1-3/h6-10,14-15,18H,11-13H2,1-5H3;3-7,12H,8-10H2,1-2H3;3-4H,1-2H3;5*1H2;3H,1H2. The number of carbonyl (C=O) groups is 7. The van der Waals surface area contributed by atoms with E-state index in [2.05, 4.69) is 60.3 Å². The first-order chi connectivity index (χ1) is 43.5. The molecule has 0 saturated carbocycles. The fraction of sp³-hybridized carbons (Fsp3) is 0.648. The van der Waals surface area contributed by atoms with E-state index in [4.69, 9.17) is 9.84 Å². The van der Waals surface area contributed by atoms with E-state index in [1.165, 1.54) is 13.8 Å². The molecule has 0 radical (unpaired) electrons. The van der Waals surface area contributed by atoms with Gasteiger partial charge < -0.3 is 38.3 Å². The lowest BCUT2D eigenvalue weighted by Gasteiger charge is -2.41. The molecule has 1 saturated heterocycles. The Morgan fingerprint density at radius 2 is 0.758 bits per heavy atom. The Bertz CT molecular complexity index is 2410. The summed E-state index contributed by atoms with van der Waals surface area (Å²) in [6.45, 7) is -6.15. The van der Waals surface area contributed by atoms with Gasteiger partial charge in [-0.05, 0) is 79.4 Å². The average molecular weight is 1570 g/mol. The first kappa shape index (κ1) is 100. The molecule has 0 aliphatic carbocycles. The second-order valence-electron chi connectivity index (χ2n) is 18.8. The number of aliphatic hydroxyl groups is 1. The first-order valence-corrected chi connectivity index (χ1v) is 27.6. The number of carbonyl (C=O) groups excluding carboxylic acids is 7. The molecule has 1 fully saturated rings. The van der Waals surface area contributed by atoms with Crippen molar-refractivity contribution in [2.45, 2.75) is 145 Å². The van der Waals surface area contributed by atoms with Crippen LogP contribution in [0.25, 0.3) is 0 Å². The molecule has 41 heteroatoms. The van der Waals surface area contributed by atoms with Crippen LogP contribution in [-0.4, -0.2) is 175 Å². The third-order valence-corrected chi connectivity index (χ3v) is 12.3. The van der Waals surface area contributed by atoms with Gasteiger partial charge >= 0.3 is 77.3 Å². The third-order valence-electron chi connectivity index (χ3n) is 10.5. The summed E-state index contributed by atoms with van der Waals surface area (Å²) in [5.41, 5.74) is -0.813. The van der Waals surface area contributed by atoms with E-state index in [9.17, 15) is 139 Å². The number of hydrogen-bond acceptors (Lipinski definition) is 15. The van der Waals surface area contributed by atoms with Crippen LogP contribution in [0.2, 0.25) is 0 Å². The van der Waals surface area contributed by atoms with Crippen molar-refractivity contribution >= 4 is 73.6 Å². The third kappa shape index (κ3) is 36.8. The number of rotatable bonds is 23. The Morgan fingerprint density at radius 1 is 0.484 bits per heavy atom. The predicted molar refractivity (Wildman–Crippen MR) is 293 cm³/mol. The van der Waals surface area contributed by atoms with E-state index in [1.54, 1.807) is 30.3 Å². The summed E-state index contributed by atoms with van der Waals surface area (Å²) < 4.78 is 320. The van der Waals surface area contributed by atoms with Gasteiger partial charge in [0, 0.05) is 16.6 Å². The van der Waals surface area contributed by atoms with E-state index in [1.807, 2.05) is 44.2 Å². The molecule has 6 unspecified atom stereocenters. The van der Waals surface area contributed by atoms with E-state index in [0.29, 0.717) is 18.9 Å². The van der Waals surface area contributed by atoms with Gasteiger partial charge in [0.25, 0.3) is 0 Å². The van der Waals surface area contributed by atoms with Crippen molar-refractivity contribution in [1.82, 2.24) is 0 Å². The second-order valence-corrected chi connectivity index (χ2v) is 21.0. The fourth-order valence-corrected chi connectivity index (χ4v) is 8.10. The summed E-state index contributed by atoms with van der Waals surface area (Å²) in [5.74, 6) is -52.2. The monoisotopic (exact) mass is 1570 g/mol. The van der Waals surface area contributed by atoms with Crippen molar-refractivity contribution in [1.29, 1.82) is 0 Å². The Balaban J connectivity index is -0.000000344. The molecule has 2 aromatic rings. The summed E-state index contributed by atoms with van der Waals surface area (Å²) in [6, 6.07) is 17.8. The lowest BCUT2D eigenvalue weighted by Crippen LogP contribution is -2.71. The van der Waals surface area contributed by atoms with Crippen molar-refractivity contribution in [3.8, 4) is 0 Å². The van der Waals surface area contributed by atoms with Gasteiger partial charge in [-0.15, -0.1) is 0 Å². The zero-order valence-corrected chi connectivity index (χ0v) is 54.4. The summed E-state index contributed by atoms with van der Waals surface area (Å²) >= 11 is 6.77. The van der Waals surface area contributed by atoms with Crippen LogP contribution in [0.1, 0.15) is 95.9 Å². The molecule has 1 N–H and O–H groups in total. The topological polar surface area (TPSA) is 204 Å². The van der Waals surface area contributed by atoms with Crippen LogP contribution in [0.5, 0.6) is 0 Å². The van der Waals surface area contributed by atoms with E-state index in [0.717, 1.165) is 33.3 Å². The SMILES string of the molecule is CC(=O)OC(C)C(=O)OC(C)C(=O)OCC(F)(F)C(F)(F)C(F)(F)C(F)(F)C(F)(F)C(F)(F)COC(=O)C(C)(C)CC(Br)c1ccccc1.CC(C)(CC(Br)c1ccccc1)C(=O)OCCF.CC1OC(=O)C(C)OC1=O.FCF.FCF.FCF.FCF.FCF.OCF. The van der Waals surface area contributed by atoms with Gasteiger partial charge in [-0.25, -0.2) is 71.9 Å². The van der Waals surface area contributed by atoms with Crippen molar-refractivity contribution in [2.24, 2.45) is 10.8 Å². The molecule has 0 spiro atoms. The molecular formula is C54H68Br2F24O15. The van der Waals surface area contributed by atoms with Crippen molar-refractivity contribution in [2.75, 3.05) is 68.0 Å². The molecule has 95 heavy (non-hydrogen) atoms. The molecule has 1 aliphatic rings. The zero-order valence-electron chi connectivity index (χ0n) is 51.2. The highest BCUT2D eigenvalue weighted by atomic mass is 79.9. The summed E-state index contributed by atoms with van der Waals surface area (Å²) in [6.07, 6.45) is -5.19. The predicted octanol–water partition coefficient (Wildman–Crippen LogP) is 15.6. The van der Waals surface area contributed by atoms with Crippen molar-refractivity contribution in [3.63, 3.8) is 0 Å². The molecule has 0 aromatic heterocycles. The van der Waals surface area contributed by atoms with Crippen LogP contribution in [0.4, 0.5) is 105 Å². The smallest absolute Gasteiger partial charge is 0.384 e. The molecular weight excluding hydrogens is 1500 g/mol. The molecule has 1 aliphatic heterocycles. The fourth-order valence-electron chi connectivity index (χ4n) is 5.87. The largest absolute Gasteiger partial charge is 0.462 e. The number of esters is 7. The summed E-state index contributed by atoms with van der Waals surface area (Å²) in [7, 11) is 0. The average Bonchev–Trinajstić information content (AvgIpc) is 0.711. The van der Waals surface area contributed by atoms with Crippen LogP contribution in [0.3, 0.4) is 0 Å². The van der Waals surface area contributed by atoms with E-state index in [-0.39, 0.29) is 23.8 Å². The minimum atomic E-state index is -8.00. The molecule has 556 valence electrons. The normalized spacial score (nSPS) is 15.1. The highest BCUT2D eigenvalue weighted by Crippen LogP contribution is 2.60. The number of halogens is 26. The second kappa shape index (κ2) is 49.5. The van der Waals surface area contributed by atoms with Gasteiger partial charge in [0.1, 0.15) is 13.3 Å². The summed E-state index contributed by atoms with van der Waals surface area (Å²) in [4.78, 5) is 79.1. The Labute approximate surface area is 544 Å². The highest BCUT2D eigenvalue weighted by molar-refractivity contribution is 9.09. The lowest BCUT2D eigenvalue weighted by atomic mass is 9.86. The van der Waals surface area contributed by atoms with Gasteiger partial charge in [0.15, 0.2) is 44.5 Å². The molecule has 0 amide bonds. The van der Waals surface area contributed by atoms with Crippen LogP contribution in [0, 0.1) is 10.8 Å². The Kier molecular flexibility index (Phi) is 52.1. The molecule has 15 nitrogen and oxygen atoms in total. The van der Waals surface area contributed by atoms with Gasteiger partial charge in [-0.3, -0.25) is 14.4 Å². The van der Waals surface area contributed by atoms with Crippen LogP contribution in [0.15, 0.2) is 60.7 Å². The minimum Gasteiger partial charge on any atom is -0.462 e. The van der Waals surface area contributed by atoms with Crippen molar-refractivity contribution < 1.29 is 177 Å². The maximum absolute atomic E-state index is 14.3. The number of ether oxygens (including phenoxy) is 7. The quantitative estimate of drug-likeness (QED) is 0.0476. The number of alkyl halides is 26. The van der Waals surface area contributed by atoms with Crippen LogP contribution < -0.4 is 0 Å². The number of aliphatic hydroxyl groups excluding tert-OH is 1. The minimum absolute atomic E-state index is 0.0756. The van der Waals surface area contributed by atoms with Crippen LogP contribution in [-0.2, 0) is 66.7 Å². The van der Waals surface area contributed by atoms with E-state index >= 15 is 0 Å². The van der Waals surface area contributed by atoms with Crippen molar-refractivity contribution in [3.05, 3.63) is 71.8 Å². The van der Waals surface area contributed by atoms with E-state index < -0.39 is 173 Å². The maximum Gasteiger partial charge on any atom is 0.384 e. The molecule has 6 atom stereocenters. The number of benzene rings is 2. The Morgan fingerprint density at radius 3 is 1.04 bits per heavy atom. The van der Waals surface area contributed by atoms with Gasteiger partial charge in [0.05, 0.1) is 10.8 Å². The lowest BCUT2D eigenvalue weighted by molar-refractivity contribution is -0.428. The van der Waals surface area contributed by atoms with Gasteiger partial charge in [0.2, 0.25) is 34.6 Å². The molecule has 0 bridgehead atoms. The summed E-state index contributed by atoms with van der Waals surface area (Å²) in [5, 5.41) is 6.90. The van der Waals surface area contributed by atoms with Gasteiger partial charge in [-0.2, -0.15) is 52.7 Å². The van der Waals surface area contributed by atoms with Gasteiger partial charge in [-0.1, -0.05) is 92.5 Å². The first-order valence-electron chi connectivity index (χ1n) is 25.7. The maximum atomic E-state index is 14.3. The highest BCUT2D eigenvalue weighted by Gasteiger charge is 2.90. The molecule has 2 aromatic carbocycles. The molecule has 3 rings (SSSR count). The number of cyclic esters (lactones) is 2.